The number of halogens is 1. The Kier molecular flexibility index (Phi) is 6.61. The van der Waals surface area contributed by atoms with Gasteiger partial charge in [-0.2, -0.15) is 4.31 Å². The molecule has 1 heterocycles. The summed E-state index contributed by atoms with van der Waals surface area (Å²) < 4.78 is 66.2. The number of hydrogen-bond donors (Lipinski definition) is 1. The Bertz CT molecular complexity index is 1110. The summed E-state index contributed by atoms with van der Waals surface area (Å²) in [6.45, 7) is 0.916. The second-order valence-corrected chi connectivity index (χ2v) is 11.2. The molecule has 0 aliphatic carbocycles. The van der Waals surface area contributed by atoms with E-state index in [4.69, 9.17) is 9.47 Å². The van der Waals surface area contributed by atoms with Gasteiger partial charge in [0.1, 0.15) is 11.5 Å². The minimum absolute atomic E-state index is 0.0159. The van der Waals surface area contributed by atoms with E-state index in [1.165, 1.54) is 48.9 Å². The van der Waals surface area contributed by atoms with Crippen LogP contribution in [0.2, 0.25) is 0 Å². The number of benzene rings is 2. The highest BCUT2D eigenvalue weighted by Gasteiger charge is 2.28. The van der Waals surface area contributed by atoms with E-state index in [2.05, 4.69) is 4.72 Å². The van der Waals surface area contributed by atoms with Crippen molar-refractivity contribution in [2.75, 3.05) is 32.0 Å². The molecule has 3 rings (SSSR count). The average molecular weight is 552 g/mol. The molecule has 0 aromatic heterocycles. The Morgan fingerprint density at radius 3 is 2.07 bits per heavy atom. The first-order valence-corrected chi connectivity index (χ1v) is 12.7. The highest BCUT2D eigenvalue weighted by atomic mass is 127. The van der Waals surface area contributed by atoms with Gasteiger partial charge in [-0.15, -0.1) is 0 Å². The summed E-state index contributed by atoms with van der Waals surface area (Å²) in [5.74, 6) is 0.776. The van der Waals surface area contributed by atoms with Crippen LogP contribution in [0.25, 0.3) is 0 Å². The van der Waals surface area contributed by atoms with Gasteiger partial charge in [-0.3, -0.25) is 4.72 Å². The van der Waals surface area contributed by atoms with Crippen molar-refractivity contribution < 1.29 is 26.3 Å². The number of methoxy groups -OCH3 is 2. The van der Waals surface area contributed by atoms with Gasteiger partial charge in [-0.25, -0.2) is 16.8 Å². The summed E-state index contributed by atoms with van der Waals surface area (Å²) >= 11 is 1.98. The summed E-state index contributed by atoms with van der Waals surface area (Å²) in [7, 11) is -4.78. The molecular formula is C18H21IN2O6S2. The quantitative estimate of drug-likeness (QED) is 0.531. The van der Waals surface area contributed by atoms with E-state index < -0.39 is 20.0 Å². The van der Waals surface area contributed by atoms with E-state index in [0.29, 0.717) is 22.4 Å². The largest absolute Gasteiger partial charge is 0.496 e. The SMILES string of the molecule is COc1ccc(S(=O)(=O)Nc2cc(S(=O)(=O)N3CCCC3)ccc2OC)cc1I. The predicted molar refractivity (Wildman–Crippen MR) is 118 cm³/mol. The van der Waals surface area contributed by atoms with Crippen LogP contribution in [-0.4, -0.2) is 48.4 Å². The topological polar surface area (TPSA) is 102 Å². The molecule has 1 N–H and O–H groups in total. The molecule has 1 aliphatic heterocycles. The van der Waals surface area contributed by atoms with Gasteiger partial charge >= 0.3 is 0 Å². The lowest BCUT2D eigenvalue weighted by Gasteiger charge is -2.18. The first kappa shape index (κ1) is 22.1. The third kappa shape index (κ3) is 4.62. The van der Waals surface area contributed by atoms with Crippen LogP contribution in [0, 0.1) is 3.57 Å². The number of nitrogens with one attached hydrogen (secondary N) is 1. The maximum atomic E-state index is 12.9. The molecule has 2 aromatic carbocycles. The summed E-state index contributed by atoms with van der Waals surface area (Å²) in [6.07, 6.45) is 1.62. The first-order chi connectivity index (χ1) is 13.7. The summed E-state index contributed by atoms with van der Waals surface area (Å²) in [6, 6.07) is 8.60. The molecule has 1 fully saturated rings. The Hall–Kier alpha value is -1.57. The Balaban J connectivity index is 1.98. The van der Waals surface area contributed by atoms with Crippen LogP contribution < -0.4 is 14.2 Å². The van der Waals surface area contributed by atoms with E-state index >= 15 is 0 Å². The molecule has 0 unspecified atom stereocenters. The fourth-order valence-corrected chi connectivity index (χ4v) is 6.60. The highest BCUT2D eigenvalue weighted by molar-refractivity contribution is 14.1. The van der Waals surface area contributed by atoms with Gasteiger partial charge in [0.2, 0.25) is 10.0 Å². The van der Waals surface area contributed by atoms with Crippen LogP contribution >= 0.6 is 22.6 Å². The van der Waals surface area contributed by atoms with Crippen LogP contribution in [-0.2, 0) is 20.0 Å². The second kappa shape index (κ2) is 8.66. The molecule has 29 heavy (non-hydrogen) atoms. The summed E-state index contributed by atoms with van der Waals surface area (Å²) in [5, 5.41) is 0. The Morgan fingerprint density at radius 2 is 1.48 bits per heavy atom. The fraction of sp³-hybridized carbons (Fsp3) is 0.333. The molecule has 11 heteroatoms. The van der Waals surface area contributed by atoms with Crippen molar-refractivity contribution >= 4 is 48.3 Å². The van der Waals surface area contributed by atoms with Crippen LogP contribution in [0.5, 0.6) is 11.5 Å². The molecule has 0 saturated carbocycles. The molecule has 8 nitrogen and oxygen atoms in total. The summed E-state index contributed by atoms with van der Waals surface area (Å²) in [5.41, 5.74) is 0.0543. The van der Waals surface area contributed by atoms with E-state index in [1.54, 1.807) is 6.07 Å². The molecule has 1 saturated heterocycles. The minimum atomic E-state index is -3.97. The smallest absolute Gasteiger partial charge is 0.262 e. The maximum absolute atomic E-state index is 12.9. The van der Waals surface area contributed by atoms with Crippen LogP contribution in [0.15, 0.2) is 46.2 Å². The predicted octanol–water partition coefficient (Wildman–Crippen LogP) is 2.89. The van der Waals surface area contributed by atoms with Crippen molar-refractivity contribution in [3.63, 3.8) is 0 Å². The van der Waals surface area contributed by atoms with E-state index in [0.717, 1.165) is 12.8 Å². The third-order valence-corrected chi connectivity index (χ3v) is 8.65. The zero-order valence-corrected chi connectivity index (χ0v) is 19.7. The lowest BCUT2D eigenvalue weighted by Crippen LogP contribution is -2.28. The molecule has 158 valence electrons. The number of hydrogen-bond acceptors (Lipinski definition) is 6. The van der Waals surface area contributed by atoms with E-state index in [9.17, 15) is 16.8 Å². The standard InChI is InChI=1S/C18H21IN2O6S2/c1-26-17-7-5-13(11-15(17)19)28(22,23)20-16-12-14(6-8-18(16)27-2)29(24,25)21-9-3-4-10-21/h5-8,11-12,20H,3-4,9-10H2,1-2H3. The van der Waals surface area contributed by atoms with Crippen molar-refractivity contribution in [3.05, 3.63) is 40.0 Å². The zero-order valence-electron chi connectivity index (χ0n) is 15.9. The molecule has 1 aliphatic rings. The lowest BCUT2D eigenvalue weighted by atomic mass is 10.3. The Morgan fingerprint density at radius 1 is 0.897 bits per heavy atom. The highest BCUT2D eigenvalue weighted by Crippen LogP contribution is 2.32. The number of anilines is 1. The lowest BCUT2D eigenvalue weighted by molar-refractivity contribution is 0.411. The molecular weight excluding hydrogens is 531 g/mol. The molecule has 0 atom stereocenters. The van der Waals surface area contributed by atoms with Crippen molar-refractivity contribution in [2.45, 2.75) is 22.6 Å². The Labute approximate surface area is 184 Å². The first-order valence-electron chi connectivity index (χ1n) is 8.73. The molecule has 0 amide bonds. The summed E-state index contributed by atoms with van der Waals surface area (Å²) in [4.78, 5) is 0.0415. The van der Waals surface area contributed by atoms with Crippen LogP contribution in [0.3, 0.4) is 0 Å². The van der Waals surface area contributed by atoms with Crippen molar-refractivity contribution in [2.24, 2.45) is 0 Å². The zero-order chi connectivity index (χ0) is 21.2. The van der Waals surface area contributed by atoms with Gasteiger partial charge in [0.05, 0.1) is 33.3 Å². The van der Waals surface area contributed by atoms with Gasteiger partial charge in [-0.1, -0.05) is 0 Å². The van der Waals surface area contributed by atoms with Crippen molar-refractivity contribution in [3.8, 4) is 11.5 Å². The average Bonchev–Trinajstić information content (AvgIpc) is 3.23. The normalized spacial score (nSPS) is 15.3. The van der Waals surface area contributed by atoms with Crippen molar-refractivity contribution in [1.29, 1.82) is 0 Å². The second-order valence-electron chi connectivity index (χ2n) is 6.38. The van der Waals surface area contributed by atoms with E-state index in [1.807, 2.05) is 22.6 Å². The number of ether oxygens (including phenoxy) is 2. The molecule has 0 radical (unpaired) electrons. The van der Waals surface area contributed by atoms with Gasteiger partial charge in [0, 0.05) is 13.1 Å². The molecule has 0 spiro atoms. The van der Waals surface area contributed by atoms with Crippen molar-refractivity contribution in [1.82, 2.24) is 4.31 Å². The van der Waals surface area contributed by atoms with E-state index in [-0.39, 0.29) is 21.2 Å². The number of sulfonamides is 2. The maximum Gasteiger partial charge on any atom is 0.262 e. The van der Waals surface area contributed by atoms with Crippen LogP contribution in [0.4, 0.5) is 5.69 Å². The van der Waals surface area contributed by atoms with Gasteiger partial charge < -0.3 is 9.47 Å². The number of nitrogens with zero attached hydrogens (tertiary/aromatic N) is 1. The monoisotopic (exact) mass is 552 g/mol. The number of rotatable bonds is 7. The third-order valence-electron chi connectivity index (χ3n) is 4.55. The minimum Gasteiger partial charge on any atom is -0.496 e. The molecule has 2 aromatic rings. The van der Waals surface area contributed by atoms with Crippen LogP contribution in [0.1, 0.15) is 12.8 Å². The van der Waals surface area contributed by atoms with Gasteiger partial charge in [-0.05, 0) is 71.8 Å². The molecule has 0 bridgehead atoms. The van der Waals surface area contributed by atoms with Gasteiger partial charge in [0.15, 0.2) is 0 Å². The fourth-order valence-electron chi connectivity index (χ4n) is 3.02. The van der Waals surface area contributed by atoms with Gasteiger partial charge in [0.25, 0.3) is 10.0 Å².